The van der Waals surface area contributed by atoms with Crippen LogP contribution in [-0.2, 0) is 20.8 Å². The van der Waals surface area contributed by atoms with Gasteiger partial charge in [-0.3, -0.25) is 9.08 Å². The summed E-state index contributed by atoms with van der Waals surface area (Å²) in [7, 11) is -3.84. The predicted molar refractivity (Wildman–Crippen MR) is 105 cm³/mol. The summed E-state index contributed by atoms with van der Waals surface area (Å²) in [5, 5.41) is 0. The van der Waals surface area contributed by atoms with Crippen LogP contribution in [0, 0.1) is 13.5 Å². The first-order valence-electron chi connectivity index (χ1n) is 9.03. The van der Waals surface area contributed by atoms with Crippen LogP contribution in [0.1, 0.15) is 24.0 Å². The number of likely N-dealkylation sites (tertiary alicyclic amines) is 1. The highest BCUT2D eigenvalue weighted by Gasteiger charge is 2.42. The van der Waals surface area contributed by atoms with Crippen molar-refractivity contribution in [3.8, 4) is 0 Å². The van der Waals surface area contributed by atoms with Gasteiger partial charge in [0.15, 0.2) is 0 Å². The monoisotopic (exact) mass is 384 g/mol. The molecule has 1 saturated heterocycles. The molecule has 2 aromatic carbocycles. The van der Waals surface area contributed by atoms with Crippen molar-refractivity contribution in [3.63, 3.8) is 0 Å². The molecule has 1 aliphatic heterocycles. The highest BCUT2D eigenvalue weighted by molar-refractivity contribution is 7.86. The van der Waals surface area contributed by atoms with Crippen LogP contribution < -0.4 is 0 Å². The fourth-order valence-corrected chi connectivity index (χ4v) is 4.20. The molecule has 0 atom stereocenters. The molecule has 0 amide bonds. The molecule has 27 heavy (non-hydrogen) atoms. The quantitative estimate of drug-likeness (QED) is 0.563. The molecule has 0 spiro atoms. The summed E-state index contributed by atoms with van der Waals surface area (Å²) in [6.45, 7) is 11.8. The number of rotatable bonds is 6. The zero-order chi connectivity index (χ0) is 19.3. The van der Waals surface area contributed by atoms with Gasteiger partial charge >= 0.3 is 0 Å². The van der Waals surface area contributed by atoms with Gasteiger partial charge < -0.3 is 4.85 Å². The maximum atomic E-state index is 12.4. The highest BCUT2D eigenvalue weighted by Crippen LogP contribution is 2.29. The van der Waals surface area contributed by atoms with Gasteiger partial charge in [0.2, 0.25) is 0 Å². The Bertz CT molecular complexity index is 895. The van der Waals surface area contributed by atoms with Gasteiger partial charge in [-0.2, -0.15) is 8.42 Å². The zero-order valence-corrected chi connectivity index (χ0v) is 16.3. The lowest BCUT2D eigenvalue weighted by Crippen LogP contribution is -2.45. The Morgan fingerprint density at radius 2 is 1.70 bits per heavy atom. The average Bonchev–Trinajstić information content (AvgIpc) is 2.69. The van der Waals surface area contributed by atoms with Crippen molar-refractivity contribution in [2.24, 2.45) is 0 Å². The van der Waals surface area contributed by atoms with Crippen molar-refractivity contribution in [2.45, 2.75) is 36.7 Å². The summed E-state index contributed by atoms with van der Waals surface area (Å²) in [4.78, 5) is 6.20. The molecule has 1 aliphatic rings. The number of benzene rings is 2. The summed E-state index contributed by atoms with van der Waals surface area (Å²) in [6.07, 6.45) is 1.21. The smallest absolute Gasteiger partial charge is 0.297 e. The van der Waals surface area contributed by atoms with E-state index in [1.54, 1.807) is 12.1 Å². The summed E-state index contributed by atoms with van der Waals surface area (Å²) < 4.78 is 30.1. The second-order valence-corrected chi connectivity index (χ2v) is 8.74. The average molecular weight is 385 g/mol. The van der Waals surface area contributed by atoms with Gasteiger partial charge in [0.1, 0.15) is 6.61 Å². The topological polar surface area (TPSA) is 51.0 Å². The molecular formula is C21H24N2O3S. The fourth-order valence-electron chi connectivity index (χ4n) is 3.22. The maximum absolute atomic E-state index is 12.4. The number of nitrogens with zero attached hydrogens (tertiary/aromatic N) is 2. The van der Waals surface area contributed by atoms with E-state index in [1.807, 2.05) is 25.1 Å². The van der Waals surface area contributed by atoms with Crippen LogP contribution in [0.4, 0.5) is 0 Å². The predicted octanol–water partition coefficient (Wildman–Crippen LogP) is 3.65. The maximum Gasteiger partial charge on any atom is 0.297 e. The number of hydrogen-bond donors (Lipinski definition) is 0. The van der Waals surface area contributed by atoms with Crippen LogP contribution in [0.2, 0.25) is 0 Å². The Labute approximate surface area is 161 Å². The molecule has 0 bridgehead atoms. The van der Waals surface area contributed by atoms with Crippen molar-refractivity contribution in [3.05, 3.63) is 77.1 Å². The number of piperidine rings is 1. The van der Waals surface area contributed by atoms with E-state index < -0.39 is 15.7 Å². The molecule has 0 radical (unpaired) electrons. The molecule has 0 unspecified atom stereocenters. The Morgan fingerprint density at radius 3 is 2.30 bits per heavy atom. The molecular weight excluding hydrogens is 360 g/mol. The van der Waals surface area contributed by atoms with Crippen LogP contribution in [0.25, 0.3) is 4.85 Å². The van der Waals surface area contributed by atoms with Gasteiger partial charge in [0.05, 0.1) is 4.90 Å². The van der Waals surface area contributed by atoms with Crippen molar-refractivity contribution in [1.82, 2.24) is 4.90 Å². The molecule has 0 saturated carbocycles. The number of hydrogen-bond acceptors (Lipinski definition) is 4. The standard InChI is InChI=1S/C21H24N2O3S/c1-18-8-10-20(11-9-18)27(24,25)26-17-21(22-2)12-14-23(15-13-21)16-19-6-4-3-5-7-19/h3-11H,12-17H2,1H3. The molecule has 0 aliphatic carbocycles. The van der Waals surface area contributed by atoms with Gasteiger partial charge in [-0.25, -0.2) is 6.57 Å². The number of aryl methyl sites for hydroxylation is 1. The van der Waals surface area contributed by atoms with E-state index >= 15 is 0 Å². The molecule has 1 heterocycles. The van der Waals surface area contributed by atoms with Gasteiger partial charge in [-0.15, -0.1) is 0 Å². The van der Waals surface area contributed by atoms with Crippen LogP contribution >= 0.6 is 0 Å². The summed E-state index contributed by atoms with van der Waals surface area (Å²) in [6, 6.07) is 16.8. The third-order valence-corrected chi connectivity index (χ3v) is 6.34. The van der Waals surface area contributed by atoms with E-state index in [-0.39, 0.29) is 11.5 Å². The van der Waals surface area contributed by atoms with Gasteiger partial charge in [0.25, 0.3) is 15.7 Å². The molecule has 2 aromatic rings. The first-order chi connectivity index (χ1) is 12.9. The van der Waals surface area contributed by atoms with Crippen LogP contribution in [0.3, 0.4) is 0 Å². The lowest BCUT2D eigenvalue weighted by atomic mass is 9.89. The highest BCUT2D eigenvalue weighted by atomic mass is 32.2. The van der Waals surface area contributed by atoms with Crippen molar-refractivity contribution < 1.29 is 12.6 Å². The Kier molecular flexibility index (Phi) is 5.95. The molecule has 0 N–H and O–H groups in total. The minimum Gasteiger partial charge on any atom is -0.308 e. The first kappa shape index (κ1) is 19.6. The second kappa shape index (κ2) is 8.22. The second-order valence-electron chi connectivity index (χ2n) is 7.13. The molecule has 3 rings (SSSR count). The lowest BCUT2D eigenvalue weighted by Gasteiger charge is -2.33. The molecule has 6 heteroatoms. The summed E-state index contributed by atoms with van der Waals surface area (Å²) >= 11 is 0. The van der Waals surface area contributed by atoms with Crippen molar-refractivity contribution in [2.75, 3.05) is 19.7 Å². The van der Waals surface area contributed by atoms with E-state index in [4.69, 9.17) is 10.8 Å². The summed E-state index contributed by atoms with van der Waals surface area (Å²) in [5.41, 5.74) is 1.45. The van der Waals surface area contributed by atoms with Crippen LogP contribution in [0.5, 0.6) is 0 Å². The Balaban J connectivity index is 1.59. The first-order valence-corrected chi connectivity index (χ1v) is 10.4. The fraction of sp³-hybridized carbons (Fsp3) is 0.381. The van der Waals surface area contributed by atoms with E-state index in [0.29, 0.717) is 12.8 Å². The third kappa shape index (κ3) is 4.95. The molecule has 5 nitrogen and oxygen atoms in total. The van der Waals surface area contributed by atoms with Crippen LogP contribution in [0.15, 0.2) is 59.5 Å². The Morgan fingerprint density at radius 1 is 1.07 bits per heavy atom. The Hall–Kier alpha value is -2.20. The van der Waals surface area contributed by atoms with E-state index in [1.165, 1.54) is 17.7 Å². The zero-order valence-electron chi connectivity index (χ0n) is 15.5. The lowest BCUT2D eigenvalue weighted by molar-refractivity contribution is 0.136. The normalized spacial score (nSPS) is 17.3. The molecule has 0 aromatic heterocycles. The SMILES string of the molecule is [C-]#[N+]C1(COS(=O)(=O)c2ccc(C)cc2)CCN(Cc2ccccc2)CC1. The third-order valence-electron chi connectivity index (χ3n) is 5.07. The van der Waals surface area contributed by atoms with Gasteiger partial charge in [0, 0.05) is 32.5 Å². The van der Waals surface area contributed by atoms with Crippen molar-refractivity contribution >= 4 is 10.1 Å². The van der Waals surface area contributed by atoms with Crippen molar-refractivity contribution in [1.29, 1.82) is 0 Å². The van der Waals surface area contributed by atoms with E-state index in [2.05, 4.69) is 21.9 Å². The van der Waals surface area contributed by atoms with E-state index in [0.717, 1.165) is 25.2 Å². The summed E-state index contributed by atoms with van der Waals surface area (Å²) in [5.74, 6) is 0. The van der Waals surface area contributed by atoms with Crippen LogP contribution in [-0.4, -0.2) is 38.6 Å². The van der Waals surface area contributed by atoms with Gasteiger partial charge in [-0.1, -0.05) is 48.0 Å². The molecule has 1 fully saturated rings. The molecule has 142 valence electrons. The minimum absolute atomic E-state index is 0.0914. The largest absolute Gasteiger partial charge is 0.308 e. The van der Waals surface area contributed by atoms with E-state index in [9.17, 15) is 8.42 Å². The minimum atomic E-state index is -3.84. The van der Waals surface area contributed by atoms with Gasteiger partial charge in [-0.05, 0) is 24.6 Å².